The molecule has 1 saturated heterocycles. The second kappa shape index (κ2) is 8.24. The highest BCUT2D eigenvalue weighted by molar-refractivity contribution is 5.93. The first-order valence-corrected chi connectivity index (χ1v) is 9.09. The summed E-state index contributed by atoms with van der Waals surface area (Å²) in [5, 5.41) is 3.98. The molecular formula is C18H24N6O3. The molecule has 2 aromatic rings. The Balaban J connectivity index is 1.60. The van der Waals surface area contributed by atoms with Crippen LogP contribution in [-0.2, 0) is 11.2 Å². The van der Waals surface area contributed by atoms with Crippen molar-refractivity contribution in [3.8, 4) is 0 Å². The third kappa shape index (κ3) is 4.47. The van der Waals surface area contributed by atoms with Crippen molar-refractivity contribution < 1.29 is 14.1 Å². The van der Waals surface area contributed by atoms with Crippen LogP contribution >= 0.6 is 0 Å². The number of nitrogens with zero attached hydrogens (tertiary/aromatic N) is 6. The van der Waals surface area contributed by atoms with Crippen molar-refractivity contribution in [2.45, 2.75) is 45.6 Å². The summed E-state index contributed by atoms with van der Waals surface area (Å²) >= 11 is 0. The topological polar surface area (TPSA) is 105 Å². The molecule has 1 aliphatic heterocycles. The number of aromatic nitrogens is 4. The molecule has 1 fully saturated rings. The predicted molar refractivity (Wildman–Crippen MR) is 95.8 cm³/mol. The van der Waals surface area contributed by atoms with Crippen LogP contribution in [0.2, 0.25) is 0 Å². The largest absolute Gasteiger partial charge is 0.339 e. The van der Waals surface area contributed by atoms with Crippen LogP contribution in [0.3, 0.4) is 0 Å². The Bertz CT molecular complexity index is 791. The summed E-state index contributed by atoms with van der Waals surface area (Å²) in [5.41, 5.74) is 0.459. The second-order valence-corrected chi connectivity index (χ2v) is 6.99. The number of hydrogen-bond donors (Lipinski definition) is 0. The minimum Gasteiger partial charge on any atom is -0.339 e. The van der Waals surface area contributed by atoms with Gasteiger partial charge in [0, 0.05) is 51.3 Å². The van der Waals surface area contributed by atoms with Gasteiger partial charge in [0.15, 0.2) is 5.82 Å². The highest BCUT2D eigenvalue weighted by Crippen LogP contribution is 2.19. The van der Waals surface area contributed by atoms with Crippen LogP contribution in [0.25, 0.3) is 0 Å². The summed E-state index contributed by atoms with van der Waals surface area (Å²) in [6.45, 7) is 7.11. The van der Waals surface area contributed by atoms with E-state index in [1.165, 1.54) is 18.7 Å². The monoisotopic (exact) mass is 372 g/mol. The van der Waals surface area contributed by atoms with Crippen molar-refractivity contribution in [3.05, 3.63) is 36.0 Å². The van der Waals surface area contributed by atoms with Gasteiger partial charge >= 0.3 is 0 Å². The van der Waals surface area contributed by atoms with Gasteiger partial charge in [0.05, 0.1) is 11.6 Å². The summed E-state index contributed by atoms with van der Waals surface area (Å²) in [4.78, 5) is 40.4. The van der Waals surface area contributed by atoms with Gasteiger partial charge in [-0.15, -0.1) is 0 Å². The van der Waals surface area contributed by atoms with Gasteiger partial charge in [0.1, 0.15) is 6.33 Å². The Labute approximate surface area is 157 Å². The summed E-state index contributed by atoms with van der Waals surface area (Å²) in [6.07, 6.45) is 5.67. The van der Waals surface area contributed by atoms with Crippen LogP contribution in [0.4, 0.5) is 0 Å². The van der Waals surface area contributed by atoms with E-state index in [1.54, 1.807) is 16.7 Å². The van der Waals surface area contributed by atoms with Crippen molar-refractivity contribution in [2.24, 2.45) is 0 Å². The molecule has 2 amide bonds. The van der Waals surface area contributed by atoms with Crippen LogP contribution in [0.15, 0.2) is 23.2 Å². The molecule has 9 heteroatoms. The molecule has 2 aromatic heterocycles. The highest BCUT2D eigenvalue weighted by Gasteiger charge is 2.32. The molecule has 0 bridgehead atoms. The fourth-order valence-corrected chi connectivity index (χ4v) is 3.19. The third-order valence-corrected chi connectivity index (χ3v) is 4.66. The molecule has 0 radical (unpaired) electrons. The van der Waals surface area contributed by atoms with E-state index in [9.17, 15) is 9.59 Å². The van der Waals surface area contributed by atoms with Gasteiger partial charge in [-0.25, -0.2) is 9.97 Å². The van der Waals surface area contributed by atoms with E-state index in [0.717, 1.165) is 6.42 Å². The Morgan fingerprint density at radius 2 is 2.07 bits per heavy atom. The maximum atomic E-state index is 12.5. The van der Waals surface area contributed by atoms with Gasteiger partial charge in [0.2, 0.25) is 11.8 Å². The summed E-state index contributed by atoms with van der Waals surface area (Å²) in [5.74, 6) is 1.23. The first-order chi connectivity index (χ1) is 13.0. The van der Waals surface area contributed by atoms with Crippen LogP contribution in [0, 0.1) is 0 Å². The average molecular weight is 372 g/mol. The van der Waals surface area contributed by atoms with Crippen molar-refractivity contribution in [1.29, 1.82) is 0 Å². The van der Waals surface area contributed by atoms with Crippen molar-refractivity contribution in [3.63, 3.8) is 0 Å². The molecule has 0 aliphatic carbocycles. The number of carbonyl (C=O) groups excluding carboxylic acids is 2. The quantitative estimate of drug-likeness (QED) is 0.752. The van der Waals surface area contributed by atoms with Crippen molar-refractivity contribution in [2.75, 3.05) is 19.6 Å². The van der Waals surface area contributed by atoms with E-state index in [4.69, 9.17) is 4.52 Å². The van der Waals surface area contributed by atoms with Gasteiger partial charge < -0.3 is 14.3 Å². The Morgan fingerprint density at radius 3 is 2.70 bits per heavy atom. The highest BCUT2D eigenvalue weighted by atomic mass is 16.5. The zero-order chi connectivity index (χ0) is 19.4. The van der Waals surface area contributed by atoms with Gasteiger partial charge in [-0.3, -0.25) is 9.59 Å². The fraction of sp³-hybridized carbons (Fsp3) is 0.556. The normalized spacial score (nSPS) is 16.7. The lowest BCUT2D eigenvalue weighted by atomic mass is 10.2. The maximum Gasteiger partial charge on any atom is 0.257 e. The Hall–Kier alpha value is -2.84. The number of likely N-dealkylation sites (tertiary alicyclic amines) is 1. The fourth-order valence-electron chi connectivity index (χ4n) is 3.19. The molecule has 1 unspecified atom stereocenters. The minimum absolute atomic E-state index is 0.0208. The zero-order valence-corrected chi connectivity index (χ0v) is 15.8. The number of amides is 2. The van der Waals surface area contributed by atoms with Crippen LogP contribution in [-0.4, -0.2) is 67.4 Å². The number of carbonyl (C=O) groups is 2. The van der Waals surface area contributed by atoms with E-state index in [0.29, 0.717) is 43.3 Å². The molecular weight excluding hydrogens is 348 g/mol. The number of rotatable bonds is 6. The van der Waals surface area contributed by atoms with Gasteiger partial charge in [0.25, 0.3) is 5.91 Å². The molecule has 1 aliphatic rings. The zero-order valence-electron chi connectivity index (χ0n) is 15.8. The minimum atomic E-state index is -0.110. The van der Waals surface area contributed by atoms with Crippen molar-refractivity contribution in [1.82, 2.24) is 29.9 Å². The SMILES string of the molecule is CC(=O)N(CCc1noc(C(C)C)n1)C1CCN(C(=O)c2cncnc2)C1. The first kappa shape index (κ1) is 18.9. The van der Waals surface area contributed by atoms with Crippen molar-refractivity contribution >= 4 is 11.8 Å². The molecule has 0 spiro atoms. The van der Waals surface area contributed by atoms with Crippen LogP contribution in [0.1, 0.15) is 55.2 Å². The Kier molecular flexibility index (Phi) is 5.78. The van der Waals surface area contributed by atoms with E-state index >= 15 is 0 Å². The molecule has 144 valence electrons. The molecule has 0 aromatic carbocycles. The molecule has 0 N–H and O–H groups in total. The van der Waals surface area contributed by atoms with Crippen LogP contribution < -0.4 is 0 Å². The van der Waals surface area contributed by atoms with E-state index in [1.807, 2.05) is 13.8 Å². The lowest BCUT2D eigenvalue weighted by molar-refractivity contribution is -0.130. The molecule has 1 atom stereocenters. The Morgan fingerprint density at radius 1 is 1.33 bits per heavy atom. The predicted octanol–water partition coefficient (Wildman–Crippen LogP) is 1.29. The number of hydrogen-bond acceptors (Lipinski definition) is 7. The van der Waals surface area contributed by atoms with Gasteiger partial charge in [-0.05, 0) is 6.42 Å². The van der Waals surface area contributed by atoms with Gasteiger partial charge in [-0.1, -0.05) is 19.0 Å². The molecule has 0 saturated carbocycles. The summed E-state index contributed by atoms with van der Waals surface area (Å²) in [6, 6.07) is -0.0208. The molecule has 9 nitrogen and oxygen atoms in total. The lowest BCUT2D eigenvalue weighted by Crippen LogP contribution is -2.42. The third-order valence-electron chi connectivity index (χ3n) is 4.66. The molecule has 3 rings (SSSR count). The lowest BCUT2D eigenvalue weighted by Gasteiger charge is -2.27. The molecule has 3 heterocycles. The van der Waals surface area contributed by atoms with E-state index < -0.39 is 0 Å². The summed E-state index contributed by atoms with van der Waals surface area (Å²) < 4.78 is 5.21. The summed E-state index contributed by atoms with van der Waals surface area (Å²) in [7, 11) is 0. The average Bonchev–Trinajstić information content (AvgIpc) is 3.32. The first-order valence-electron chi connectivity index (χ1n) is 9.09. The van der Waals surface area contributed by atoms with E-state index in [-0.39, 0.29) is 23.8 Å². The van der Waals surface area contributed by atoms with Gasteiger partial charge in [-0.2, -0.15) is 4.98 Å². The maximum absolute atomic E-state index is 12.5. The van der Waals surface area contributed by atoms with E-state index in [2.05, 4.69) is 20.1 Å². The second-order valence-electron chi connectivity index (χ2n) is 6.99. The smallest absolute Gasteiger partial charge is 0.257 e. The molecule has 27 heavy (non-hydrogen) atoms. The van der Waals surface area contributed by atoms with Crippen LogP contribution in [0.5, 0.6) is 0 Å². The standard InChI is InChI=1S/C18H24N6O3/c1-12(2)17-21-16(22-27-17)5-7-24(13(3)25)15-4-6-23(10-15)18(26)14-8-19-11-20-9-14/h8-9,11-12,15H,4-7,10H2,1-3H3.